The first-order chi connectivity index (χ1) is 9.87. The minimum atomic E-state index is -5.55. The second-order valence-corrected chi connectivity index (χ2v) is 5.40. The predicted molar refractivity (Wildman–Crippen MR) is 73.7 cm³/mol. The Morgan fingerprint density at radius 3 is 2.09 bits per heavy atom. The van der Waals surface area contributed by atoms with Gasteiger partial charge in [0.1, 0.15) is 5.82 Å². The monoisotopic (exact) mass is 391 g/mol. The SMILES string of the molecule is C=C(NNc1cccc(Br)c1)NC(C)(C(F)(F)F)C(F)(F)F. The summed E-state index contributed by atoms with van der Waals surface area (Å²) < 4.78 is 76.9. The van der Waals surface area contributed by atoms with Crippen LogP contribution in [-0.4, -0.2) is 17.9 Å². The van der Waals surface area contributed by atoms with Crippen LogP contribution in [-0.2, 0) is 0 Å². The molecule has 1 rings (SSSR count). The zero-order valence-electron chi connectivity index (χ0n) is 11.2. The maximum atomic E-state index is 12.7. The molecule has 0 heterocycles. The summed E-state index contributed by atoms with van der Waals surface area (Å²) in [7, 11) is 0. The number of halogens is 7. The summed E-state index contributed by atoms with van der Waals surface area (Å²) in [5, 5.41) is 1.33. The highest BCUT2D eigenvalue weighted by atomic mass is 79.9. The van der Waals surface area contributed by atoms with Gasteiger partial charge < -0.3 is 5.32 Å². The minimum Gasteiger partial charge on any atom is -0.350 e. The fourth-order valence-corrected chi connectivity index (χ4v) is 1.75. The molecule has 1 aromatic carbocycles. The minimum absolute atomic E-state index is 0.00103. The van der Waals surface area contributed by atoms with Crippen LogP contribution in [0.2, 0.25) is 0 Å². The highest BCUT2D eigenvalue weighted by molar-refractivity contribution is 9.10. The van der Waals surface area contributed by atoms with E-state index in [0.29, 0.717) is 10.2 Å². The van der Waals surface area contributed by atoms with Crippen molar-refractivity contribution < 1.29 is 26.3 Å². The van der Waals surface area contributed by atoms with E-state index < -0.39 is 23.7 Å². The highest BCUT2D eigenvalue weighted by Gasteiger charge is 2.68. The van der Waals surface area contributed by atoms with Crippen molar-refractivity contribution in [3.05, 3.63) is 41.1 Å². The van der Waals surface area contributed by atoms with Crippen molar-refractivity contribution in [2.24, 2.45) is 0 Å². The van der Waals surface area contributed by atoms with Crippen molar-refractivity contribution in [1.82, 2.24) is 10.7 Å². The molecule has 0 aliphatic heterocycles. The van der Waals surface area contributed by atoms with E-state index in [2.05, 4.69) is 33.4 Å². The molecule has 124 valence electrons. The van der Waals surface area contributed by atoms with E-state index in [1.807, 2.05) is 0 Å². The quantitative estimate of drug-likeness (QED) is 0.517. The first-order valence-electron chi connectivity index (χ1n) is 5.75. The number of alkyl halides is 6. The van der Waals surface area contributed by atoms with Gasteiger partial charge in [0, 0.05) is 4.47 Å². The van der Waals surface area contributed by atoms with Gasteiger partial charge in [-0.2, -0.15) is 26.3 Å². The molecule has 10 heteroatoms. The third-order valence-electron chi connectivity index (χ3n) is 2.72. The molecule has 0 aromatic heterocycles. The number of hydrogen-bond acceptors (Lipinski definition) is 3. The van der Waals surface area contributed by atoms with Crippen LogP contribution < -0.4 is 16.2 Å². The summed E-state index contributed by atoms with van der Waals surface area (Å²) in [6.45, 7) is 3.11. The average Bonchev–Trinajstić information content (AvgIpc) is 2.33. The molecule has 0 unspecified atom stereocenters. The summed E-state index contributed by atoms with van der Waals surface area (Å²) in [6, 6.07) is 6.44. The van der Waals surface area contributed by atoms with Gasteiger partial charge in [0.05, 0.1) is 5.69 Å². The number of benzene rings is 1. The number of hydrogen-bond donors (Lipinski definition) is 3. The van der Waals surface area contributed by atoms with Crippen LogP contribution in [0.15, 0.2) is 41.1 Å². The predicted octanol–water partition coefficient (Wildman–Crippen LogP) is 4.31. The fourth-order valence-electron chi connectivity index (χ4n) is 1.35. The van der Waals surface area contributed by atoms with E-state index in [4.69, 9.17) is 0 Å². The van der Waals surface area contributed by atoms with Crippen molar-refractivity contribution in [1.29, 1.82) is 0 Å². The van der Waals surface area contributed by atoms with Crippen LogP contribution in [0.5, 0.6) is 0 Å². The van der Waals surface area contributed by atoms with Gasteiger partial charge in [0.15, 0.2) is 0 Å². The Balaban J connectivity index is 2.77. The molecule has 0 spiro atoms. The Morgan fingerprint density at radius 1 is 1.09 bits per heavy atom. The van der Waals surface area contributed by atoms with Crippen LogP contribution in [0, 0.1) is 0 Å². The Kier molecular flexibility index (Phi) is 5.26. The molecule has 0 atom stereocenters. The van der Waals surface area contributed by atoms with Gasteiger partial charge in [-0.1, -0.05) is 28.6 Å². The lowest BCUT2D eigenvalue weighted by Crippen LogP contribution is -2.64. The number of hydrazine groups is 1. The molecule has 3 N–H and O–H groups in total. The Bertz CT molecular complexity index is 526. The lowest BCUT2D eigenvalue weighted by atomic mass is 10.0. The van der Waals surface area contributed by atoms with Crippen LogP contribution in [0.4, 0.5) is 32.0 Å². The van der Waals surface area contributed by atoms with E-state index in [-0.39, 0.29) is 6.92 Å². The van der Waals surface area contributed by atoms with Crippen LogP contribution in [0.3, 0.4) is 0 Å². The van der Waals surface area contributed by atoms with Gasteiger partial charge in [-0.05, 0) is 25.1 Å². The van der Waals surface area contributed by atoms with Crippen LogP contribution in [0.1, 0.15) is 6.92 Å². The Morgan fingerprint density at radius 2 is 1.64 bits per heavy atom. The first kappa shape index (κ1) is 18.5. The first-order valence-corrected chi connectivity index (χ1v) is 6.54. The summed E-state index contributed by atoms with van der Waals surface area (Å²) in [5.74, 6) is -0.683. The van der Waals surface area contributed by atoms with E-state index >= 15 is 0 Å². The second kappa shape index (κ2) is 6.27. The van der Waals surface area contributed by atoms with Crippen molar-refractivity contribution in [2.45, 2.75) is 24.8 Å². The summed E-state index contributed by atoms with van der Waals surface area (Å²) in [4.78, 5) is 0. The second-order valence-electron chi connectivity index (χ2n) is 4.48. The topological polar surface area (TPSA) is 36.1 Å². The van der Waals surface area contributed by atoms with Gasteiger partial charge in [0.25, 0.3) is 0 Å². The molecule has 22 heavy (non-hydrogen) atoms. The van der Waals surface area contributed by atoms with Crippen LogP contribution in [0.25, 0.3) is 0 Å². The van der Waals surface area contributed by atoms with E-state index in [9.17, 15) is 26.3 Å². The molecule has 3 nitrogen and oxygen atoms in total. The summed E-state index contributed by atoms with van der Waals surface area (Å²) in [6.07, 6.45) is -11.1. The average molecular weight is 392 g/mol. The van der Waals surface area contributed by atoms with E-state index in [1.165, 1.54) is 5.32 Å². The molecule has 0 aliphatic rings. The molecule has 0 saturated heterocycles. The number of rotatable bonds is 5. The third kappa shape index (κ3) is 4.21. The lowest BCUT2D eigenvalue weighted by Gasteiger charge is -2.36. The Hall–Kier alpha value is -1.58. The van der Waals surface area contributed by atoms with Gasteiger partial charge in [-0.25, -0.2) is 0 Å². The van der Waals surface area contributed by atoms with Gasteiger partial charge in [-0.3, -0.25) is 10.9 Å². The molecule has 0 saturated carbocycles. The molecule has 0 bridgehead atoms. The van der Waals surface area contributed by atoms with E-state index in [1.54, 1.807) is 24.3 Å². The van der Waals surface area contributed by atoms with Crippen molar-refractivity contribution in [3.8, 4) is 0 Å². The van der Waals surface area contributed by atoms with Crippen LogP contribution >= 0.6 is 15.9 Å². The largest absolute Gasteiger partial charge is 0.420 e. The summed E-state index contributed by atoms with van der Waals surface area (Å²) >= 11 is 3.17. The number of nitrogens with one attached hydrogen (secondary N) is 3. The molecule has 1 aromatic rings. The zero-order valence-corrected chi connectivity index (χ0v) is 12.7. The normalized spacial score (nSPS) is 12.7. The van der Waals surface area contributed by atoms with Crippen molar-refractivity contribution in [3.63, 3.8) is 0 Å². The maximum absolute atomic E-state index is 12.7. The highest BCUT2D eigenvalue weighted by Crippen LogP contribution is 2.43. The third-order valence-corrected chi connectivity index (χ3v) is 3.21. The molecule has 0 amide bonds. The van der Waals surface area contributed by atoms with Gasteiger partial charge in [-0.15, -0.1) is 0 Å². The van der Waals surface area contributed by atoms with Crippen molar-refractivity contribution in [2.75, 3.05) is 5.43 Å². The molecule has 0 fully saturated rings. The fraction of sp³-hybridized carbons (Fsp3) is 0.333. The summed E-state index contributed by atoms with van der Waals surface area (Å²) in [5.41, 5.74) is 0.876. The molecule has 0 radical (unpaired) electrons. The molecule has 0 aliphatic carbocycles. The Labute approximate surface area is 130 Å². The molecular weight excluding hydrogens is 380 g/mol. The van der Waals surface area contributed by atoms with Crippen molar-refractivity contribution >= 4 is 21.6 Å². The maximum Gasteiger partial charge on any atom is 0.420 e. The molecular formula is C12H12BrF6N3. The standard InChI is InChI=1S/C12H12BrF6N3/c1-7(21-22-9-5-3-4-8(13)6-9)20-10(2,11(14,15)16)12(17,18)19/h3-6,20-22H,1H2,2H3. The van der Waals surface area contributed by atoms with Gasteiger partial charge >= 0.3 is 12.4 Å². The van der Waals surface area contributed by atoms with Gasteiger partial charge in [0.2, 0.25) is 5.54 Å². The lowest BCUT2D eigenvalue weighted by molar-refractivity contribution is -0.299. The van der Waals surface area contributed by atoms with E-state index in [0.717, 1.165) is 0 Å². The zero-order chi connectivity index (χ0) is 17.2. The smallest absolute Gasteiger partial charge is 0.350 e. The number of anilines is 1.